The lowest BCUT2D eigenvalue weighted by molar-refractivity contribution is -0.142. The second-order valence-electron chi connectivity index (χ2n) is 5.91. The zero-order chi connectivity index (χ0) is 18.0. The second-order valence-corrected chi connectivity index (χ2v) is 5.91. The van der Waals surface area contributed by atoms with Gasteiger partial charge in [0.25, 0.3) is 0 Å². The molecule has 1 atom stereocenters. The molecule has 3 rings (SSSR count). The number of carbonyl (C=O) groups excluding carboxylic acids is 1. The standard InChI is InChI=1S/C17H18F3N3O2/c1-25-13-6-4-12(5-7-13)14-3-2-9-23(14)16(24)11-22-10-8-15(21-22)17(18,19)20/h4-8,10,14H,2-3,9,11H2,1H3. The van der Waals surface area contributed by atoms with E-state index in [1.807, 2.05) is 24.3 Å². The lowest BCUT2D eigenvalue weighted by Gasteiger charge is -2.25. The van der Waals surface area contributed by atoms with Crippen LogP contribution in [0.25, 0.3) is 0 Å². The van der Waals surface area contributed by atoms with Crippen LogP contribution < -0.4 is 4.74 Å². The molecule has 0 bridgehead atoms. The van der Waals surface area contributed by atoms with Crippen molar-refractivity contribution >= 4 is 5.91 Å². The molecule has 1 fully saturated rings. The molecule has 134 valence electrons. The summed E-state index contributed by atoms with van der Waals surface area (Å²) in [5.41, 5.74) is -0.00322. The molecule has 1 amide bonds. The predicted octanol–water partition coefficient (Wildman–Crippen LogP) is 3.27. The number of alkyl halides is 3. The highest BCUT2D eigenvalue weighted by atomic mass is 19.4. The van der Waals surface area contributed by atoms with E-state index in [-0.39, 0.29) is 18.5 Å². The highest BCUT2D eigenvalue weighted by Crippen LogP contribution is 2.33. The molecule has 5 nitrogen and oxygen atoms in total. The highest BCUT2D eigenvalue weighted by Gasteiger charge is 2.34. The molecule has 2 aromatic rings. The number of carbonyl (C=O) groups is 1. The van der Waals surface area contributed by atoms with E-state index >= 15 is 0 Å². The monoisotopic (exact) mass is 353 g/mol. The minimum absolute atomic E-state index is 0.0731. The zero-order valence-corrected chi connectivity index (χ0v) is 13.7. The average Bonchev–Trinajstić information content (AvgIpc) is 3.23. The Labute approximate surface area is 143 Å². The van der Waals surface area contributed by atoms with Crippen LogP contribution in [0.1, 0.15) is 30.1 Å². The Bertz CT molecular complexity index is 740. The van der Waals surface area contributed by atoms with Crippen molar-refractivity contribution in [1.29, 1.82) is 0 Å². The molecule has 1 aliphatic rings. The van der Waals surface area contributed by atoms with Gasteiger partial charge in [0.05, 0.1) is 13.2 Å². The maximum absolute atomic E-state index is 12.6. The van der Waals surface area contributed by atoms with Crippen LogP contribution in [0.2, 0.25) is 0 Å². The molecule has 1 aliphatic heterocycles. The van der Waals surface area contributed by atoms with Crippen molar-refractivity contribution in [2.75, 3.05) is 13.7 Å². The van der Waals surface area contributed by atoms with Crippen LogP contribution in [0.4, 0.5) is 13.2 Å². The molecular formula is C17H18F3N3O2. The van der Waals surface area contributed by atoms with E-state index in [9.17, 15) is 18.0 Å². The van der Waals surface area contributed by atoms with Crippen LogP contribution in [-0.2, 0) is 17.5 Å². The van der Waals surface area contributed by atoms with Gasteiger partial charge in [0.1, 0.15) is 12.3 Å². The van der Waals surface area contributed by atoms with E-state index < -0.39 is 11.9 Å². The summed E-state index contributed by atoms with van der Waals surface area (Å²) in [6, 6.07) is 8.28. The van der Waals surface area contributed by atoms with E-state index in [4.69, 9.17) is 4.74 Å². The largest absolute Gasteiger partial charge is 0.497 e. The summed E-state index contributed by atoms with van der Waals surface area (Å²) < 4.78 is 44.0. The predicted molar refractivity (Wildman–Crippen MR) is 83.9 cm³/mol. The Hall–Kier alpha value is -2.51. The number of amides is 1. The van der Waals surface area contributed by atoms with Gasteiger partial charge in [-0.15, -0.1) is 0 Å². The van der Waals surface area contributed by atoms with Crippen molar-refractivity contribution < 1.29 is 22.7 Å². The number of hydrogen-bond acceptors (Lipinski definition) is 3. The molecule has 0 N–H and O–H groups in total. The van der Waals surface area contributed by atoms with Gasteiger partial charge in [0, 0.05) is 12.7 Å². The third-order valence-corrected chi connectivity index (χ3v) is 4.30. The van der Waals surface area contributed by atoms with Crippen molar-refractivity contribution in [3.05, 3.63) is 47.8 Å². The number of nitrogens with zero attached hydrogens (tertiary/aromatic N) is 3. The molecule has 1 unspecified atom stereocenters. The summed E-state index contributed by atoms with van der Waals surface area (Å²) in [5, 5.41) is 3.44. The first-order valence-electron chi connectivity index (χ1n) is 7.92. The number of likely N-dealkylation sites (tertiary alicyclic amines) is 1. The molecule has 0 saturated carbocycles. The second kappa shape index (κ2) is 6.78. The molecule has 0 radical (unpaired) electrons. The number of hydrogen-bond donors (Lipinski definition) is 0. The summed E-state index contributed by atoms with van der Waals surface area (Å²) in [6.07, 6.45) is -1.65. The summed E-state index contributed by atoms with van der Waals surface area (Å²) in [7, 11) is 1.58. The fraction of sp³-hybridized carbons (Fsp3) is 0.412. The van der Waals surface area contributed by atoms with Gasteiger partial charge in [-0.05, 0) is 36.6 Å². The van der Waals surface area contributed by atoms with Gasteiger partial charge < -0.3 is 9.64 Å². The van der Waals surface area contributed by atoms with Crippen molar-refractivity contribution in [3.8, 4) is 5.75 Å². The van der Waals surface area contributed by atoms with Crippen LogP contribution in [0, 0.1) is 0 Å². The van der Waals surface area contributed by atoms with Crippen molar-refractivity contribution in [1.82, 2.24) is 14.7 Å². The van der Waals surface area contributed by atoms with Gasteiger partial charge in [-0.25, -0.2) is 0 Å². The van der Waals surface area contributed by atoms with Crippen LogP contribution in [0.5, 0.6) is 5.75 Å². The number of halogens is 3. The van der Waals surface area contributed by atoms with Gasteiger partial charge in [-0.3, -0.25) is 9.48 Å². The van der Waals surface area contributed by atoms with E-state index in [0.29, 0.717) is 6.54 Å². The molecule has 8 heteroatoms. The number of benzene rings is 1. The SMILES string of the molecule is COc1ccc(C2CCCN2C(=O)Cn2ccc(C(F)(F)F)n2)cc1. The first-order chi connectivity index (χ1) is 11.9. The van der Waals surface area contributed by atoms with Crippen LogP contribution in [0.15, 0.2) is 36.5 Å². The van der Waals surface area contributed by atoms with Crippen LogP contribution in [0.3, 0.4) is 0 Å². The number of rotatable bonds is 4. The quantitative estimate of drug-likeness (QED) is 0.848. The third kappa shape index (κ3) is 3.78. The summed E-state index contributed by atoms with van der Waals surface area (Å²) >= 11 is 0. The number of ether oxygens (including phenoxy) is 1. The van der Waals surface area contributed by atoms with E-state index in [1.54, 1.807) is 12.0 Å². The van der Waals surface area contributed by atoms with Crippen LogP contribution in [-0.4, -0.2) is 34.2 Å². The van der Waals surface area contributed by atoms with Crippen molar-refractivity contribution in [2.45, 2.75) is 31.6 Å². The normalized spacial score (nSPS) is 17.8. The summed E-state index contributed by atoms with van der Waals surface area (Å²) in [4.78, 5) is 14.2. The van der Waals surface area contributed by atoms with Crippen molar-refractivity contribution in [3.63, 3.8) is 0 Å². The Morgan fingerprint density at radius 3 is 2.60 bits per heavy atom. The fourth-order valence-corrected chi connectivity index (χ4v) is 3.07. The molecule has 1 aromatic heterocycles. The zero-order valence-electron chi connectivity index (χ0n) is 13.7. The third-order valence-electron chi connectivity index (χ3n) is 4.30. The molecule has 0 spiro atoms. The Kier molecular flexibility index (Phi) is 4.69. The first-order valence-corrected chi connectivity index (χ1v) is 7.92. The Morgan fingerprint density at radius 1 is 1.28 bits per heavy atom. The molecular weight excluding hydrogens is 335 g/mol. The average molecular weight is 353 g/mol. The summed E-state index contributed by atoms with van der Waals surface area (Å²) in [6.45, 7) is 0.381. The van der Waals surface area contributed by atoms with Crippen molar-refractivity contribution in [2.24, 2.45) is 0 Å². The molecule has 25 heavy (non-hydrogen) atoms. The van der Waals surface area contributed by atoms with Gasteiger partial charge >= 0.3 is 6.18 Å². The van der Waals surface area contributed by atoms with Gasteiger partial charge in [0.2, 0.25) is 5.91 Å². The molecule has 1 aromatic carbocycles. The van der Waals surface area contributed by atoms with Crippen LogP contribution >= 0.6 is 0 Å². The lowest BCUT2D eigenvalue weighted by atomic mass is 10.0. The smallest absolute Gasteiger partial charge is 0.435 e. The summed E-state index contributed by atoms with van der Waals surface area (Å²) in [5.74, 6) is 0.492. The minimum atomic E-state index is -4.51. The number of methoxy groups -OCH3 is 1. The topological polar surface area (TPSA) is 47.4 Å². The maximum Gasteiger partial charge on any atom is 0.435 e. The molecule has 2 heterocycles. The maximum atomic E-state index is 12.6. The van der Waals surface area contributed by atoms with E-state index in [2.05, 4.69) is 5.10 Å². The van der Waals surface area contributed by atoms with Gasteiger partial charge in [-0.2, -0.15) is 18.3 Å². The minimum Gasteiger partial charge on any atom is -0.497 e. The van der Waals surface area contributed by atoms with E-state index in [0.717, 1.165) is 34.9 Å². The number of aromatic nitrogens is 2. The molecule has 0 aliphatic carbocycles. The van der Waals surface area contributed by atoms with Gasteiger partial charge in [-0.1, -0.05) is 12.1 Å². The lowest BCUT2D eigenvalue weighted by Crippen LogP contribution is -2.33. The van der Waals surface area contributed by atoms with Gasteiger partial charge in [0.15, 0.2) is 5.69 Å². The van der Waals surface area contributed by atoms with E-state index in [1.165, 1.54) is 6.20 Å². The fourth-order valence-electron chi connectivity index (χ4n) is 3.07. The molecule has 1 saturated heterocycles. The first kappa shape index (κ1) is 17.3. The Morgan fingerprint density at radius 2 is 2.00 bits per heavy atom. The highest BCUT2D eigenvalue weighted by molar-refractivity contribution is 5.76. The Balaban J connectivity index is 1.71.